The second kappa shape index (κ2) is 2.28. The minimum atomic E-state index is -0.528. The minimum absolute atomic E-state index is 0.0949. The van der Waals surface area contributed by atoms with Crippen LogP contribution in [0.25, 0.3) is 0 Å². The molecule has 0 aliphatic carbocycles. The molecule has 0 aromatic heterocycles. The number of rotatable bonds is 1. The highest BCUT2D eigenvalue weighted by Gasteiger charge is 2.32. The maximum absolute atomic E-state index is 10.8. The average molecular weight is 143 g/mol. The van der Waals surface area contributed by atoms with E-state index in [1.807, 2.05) is 0 Å². The summed E-state index contributed by atoms with van der Waals surface area (Å²) in [5, 5.41) is 0. The standard InChI is InChI=1S/C6H9NO3/c1-4(2)7-5(8)3-10-6(7)9/h4H,3H2,1-2H3. The quantitative estimate of drug-likeness (QED) is 0.533. The summed E-state index contributed by atoms with van der Waals surface area (Å²) in [5.74, 6) is -0.250. The molecule has 1 heterocycles. The molecule has 0 radical (unpaired) electrons. The molecule has 0 saturated carbocycles. The molecule has 0 atom stereocenters. The van der Waals surface area contributed by atoms with Gasteiger partial charge in [0.05, 0.1) is 0 Å². The number of nitrogens with zero attached hydrogens (tertiary/aromatic N) is 1. The molecule has 0 bridgehead atoms. The Kier molecular flexibility index (Phi) is 1.61. The van der Waals surface area contributed by atoms with Gasteiger partial charge in [-0.05, 0) is 13.8 Å². The van der Waals surface area contributed by atoms with E-state index in [1.165, 1.54) is 0 Å². The van der Waals surface area contributed by atoms with Gasteiger partial charge >= 0.3 is 6.09 Å². The molecule has 0 unspecified atom stereocenters. The molecule has 10 heavy (non-hydrogen) atoms. The predicted molar refractivity (Wildman–Crippen MR) is 33.3 cm³/mol. The van der Waals surface area contributed by atoms with Crippen molar-refractivity contribution in [2.24, 2.45) is 0 Å². The highest BCUT2D eigenvalue weighted by Crippen LogP contribution is 2.08. The van der Waals surface area contributed by atoms with Crippen molar-refractivity contribution in [2.45, 2.75) is 19.9 Å². The lowest BCUT2D eigenvalue weighted by Gasteiger charge is -2.13. The van der Waals surface area contributed by atoms with E-state index in [9.17, 15) is 9.59 Å². The maximum atomic E-state index is 10.8. The van der Waals surface area contributed by atoms with E-state index in [0.29, 0.717) is 0 Å². The molecule has 1 rings (SSSR count). The van der Waals surface area contributed by atoms with Gasteiger partial charge in [0.25, 0.3) is 5.91 Å². The van der Waals surface area contributed by atoms with Crippen molar-refractivity contribution >= 4 is 12.0 Å². The fraction of sp³-hybridized carbons (Fsp3) is 0.667. The molecule has 0 aromatic rings. The lowest BCUT2D eigenvalue weighted by Crippen LogP contribution is -2.35. The summed E-state index contributed by atoms with van der Waals surface area (Å²) in [7, 11) is 0. The first-order valence-electron chi connectivity index (χ1n) is 3.11. The zero-order valence-corrected chi connectivity index (χ0v) is 5.96. The Bertz CT molecular complexity index is 160. The van der Waals surface area contributed by atoms with Crippen LogP contribution in [0.5, 0.6) is 0 Å². The molecule has 1 saturated heterocycles. The topological polar surface area (TPSA) is 46.6 Å². The third kappa shape index (κ3) is 0.964. The van der Waals surface area contributed by atoms with Crippen molar-refractivity contribution < 1.29 is 14.3 Å². The number of carbonyl (C=O) groups excluding carboxylic acids is 2. The second-order valence-corrected chi connectivity index (χ2v) is 2.41. The van der Waals surface area contributed by atoms with Crippen LogP contribution in [0.15, 0.2) is 0 Å². The minimum Gasteiger partial charge on any atom is -0.439 e. The number of imide groups is 1. The molecule has 0 N–H and O–H groups in total. The molecule has 1 aliphatic heterocycles. The number of carbonyl (C=O) groups is 2. The zero-order chi connectivity index (χ0) is 7.72. The predicted octanol–water partition coefficient (Wildman–Crippen LogP) is 0.374. The molecule has 2 amide bonds. The molecule has 4 nitrogen and oxygen atoms in total. The van der Waals surface area contributed by atoms with Gasteiger partial charge in [-0.2, -0.15) is 0 Å². The van der Waals surface area contributed by atoms with Gasteiger partial charge in [-0.15, -0.1) is 0 Å². The molecule has 4 heteroatoms. The van der Waals surface area contributed by atoms with Gasteiger partial charge in [0.15, 0.2) is 6.61 Å². The Labute approximate surface area is 58.8 Å². The second-order valence-electron chi connectivity index (χ2n) is 2.41. The van der Waals surface area contributed by atoms with E-state index in [-0.39, 0.29) is 18.6 Å². The van der Waals surface area contributed by atoms with Crippen LogP contribution in [0.4, 0.5) is 4.79 Å². The summed E-state index contributed by atoms with van der Waals surface area (Å²) in [4.78, 5) is 22.6. The smallest absolute Gasteiger partial charge is 0.417 e. The average Bonchev–Trinajstić information content (AvgIpc) is 2.11. The molecular weight excluding hydrogens is 134 g/mol. The molecule has 1 aliphatic rings. The van der Waals surface area contributed by atoms with Gasteiger partial charge in [0, 0.05) is 6.04 Å². The molecule has 56 valence electrons. The molecule has 1 fully saturated rings. The summed E-state index contributed by atoms with van der Waals surface area (Å²) >= 11 is 0. The van der Waals surface area contributed by atoms with E-state index >= 15 is 0 Å². The van der Waals surface area contributed by atoms with Crippen LogP contribution in [-0.4, -0.2) is 29.5 Å². The third-order valence-corrected chi connectivity index (χ3v) is 1.30. The first-order chi connectivity index (χ1) is 4.63. The Morgan fingerprint density at radius 2 is 2.10 bits per heavy atom. The van der Waals surface area contributed by atoms with Crippen LogP contribution in [-0.2, 0) is 9.53 Å². The first kappa shape index (κ1) is 7.05. The van der Waals surface area contributed by atoms with Crippen LogP contribution >= 0.6 is 0 Å². The lowest BCUT2D eigenvalue weighted by molar-refractivity contribution is -0.126. The largest absolute Gasteiger partial charge is 0.439 e. The Hall–Kier alpha value is -1.06. The van der Waals surface area contributed by atoms with Gasteiger partial charge in [0.2, 0.25) is 0 Å². The first-order valence-corrected chi connectivity index (χ1v) is 3.11. The SMILES string of the molecule is CC(C)N1C(=O)COC1=O. The van der Waals surface area contributed by atoms with Crippen LogP contribution in [0, 0.1) is 0 Å². The lowest BCUT2D eigenvalue weighted by atomic mass is 10.3. The monoisotopic (exact) mass is 143 g/mol. The summed E-state index contributed by atoms with van der Waals surface area (Å²) in [6.07, 6.45) is -0.528. The van der Waals surface area contributed by atoms with E-state index in [2.05, 4.69) is 4.74 Å². The van der Waals surface area contributed by atoms with Gasteiger partial charge in [0.1, 0.15) is 0 Å². The van der Waals surface area contributed by atoms with Crippen molar-refractivity contribution in [1.82, 2.24) is 4.90 Å². The van der Waals surface area contributed by atoms with Gasteiger partial charge in [-0.25, -0.2) is 9.69 Å². The number of ether oxygens (including phenoxy) is 1. The summed E-state index contributed by atoms with van der Waals surface area (Å²) in [5.41, 5.74) is 0. The van der Waals surface area contributed by atoms with Crippen LogP contribution in [0.2, 0.25) is 0 Å². The number of cyclic esters (lactones) is 1. The highest BCUT2D eigenvalue weighted by molar-refractivity contribution is 5.98. The highest BCUT2D eigenvalue weighted by atomic mass is 16.6. The van der Waals surface area contributed by atoms with Crippen molar-refractivity contribution in [3.63, 3.8) is 0 Å². The van der Waals surface area contributed by atoms with Crippen LogP contribution in [0.3, 0.4) is 0 Å². The summed E-state index contributed by atoms with van der Waals surface area (Å²) in [6.45, 7) is 3.44. The number of hydrogen-bond acceptors (Lipinski definition) is 3. The van der Waals surface area contributed by atoms with Crippen molar-refractivity contribution in [3.8, 4) is 0 Å². The van der Waals surface area contributed by atoms with Crippen molar-refractivity contribution in [2.75, 3.05) is 6.61 Å². The summed E-state index contributed by atoms with van der Waals surface area (Å²) < 4.78 is 4.48. The van der Waals surface area contributed by atoms with Crippen LogP contribution in [0.1, 0.15) is 13.8 Å². The van der Waals surface area contributed by atoms with Gasteiger partial charge < -0.3 is 4.74 Å². The van der Waals surface area contributed by atoms with Crippen LogP contribution < -0.4 is 0 Å². The van der Waals surface area contributed by atoms with Gasteiger partial charge in [-0.3, -0.25) is 4.79 Å². The van der Waals surface area contributed by atoms with E-state index in [1.54, 1.807) is 13.8 Å². The molecule has 0 aromatic carbocycles. The van der Waals surface area contributed by atoms with E-state index < -0.39 is 6.09 Å². The molecular formula is C6H9NO3. The number of hydrogen-bond donors (Lipinski definition) is 0. The zero-order valence-electron chi connectivity index (χ0n) is 5.96. The van der Waals surface area contributed by atoms with E-state index in [4.69, 9.17) is 0 Å². The third-order valence-electron chi connectivity index (χ3n) is 1.30. The Balaban J connectivity index is 2.72. The summed E-state index contributed by atoms with van der Waals surface area (Å²) in [6, 6.07) is -0.0949. The Morgan fingerprint density at radius 1 is 1.50 bits per heavy atom. The van der Waals surface area contributed by atoms with Gasteiger partial charge in [-0.1, -0.05) is 0 Å². The van der Waals surface area contributed by atoms with Crippen molar-refractivity contribution in [3.05, 3.63) is 0 Å². The van der Waals surface area contributed by atoms with E-state index in [0.717, 1.165) is 4.90 Å². The fourth-order valence-corrected chi connectivity index (χ4v) is 0.863. The fourth-order valence-electron chi connectivity index (χ4n) is 0.863. The number of amides is 2. The van der Waals surface area contributed by atoms with Crippen molar-refractivity contribution in [1.29, 1.82) is 0 Å². The Morgan fingerprint density at radius 3 is 2.30 bits per heavy atom. The normalized spacial score (nSPS) is 18.5. The molecule has 0 spiro atoms. The maximum Gasteiger partial charge on any atom is 0.417 e.